The first-order chi connectivity index (χ1) is 11.7. The number of anilines is 1. The average molecular weight is 337 g/mol. The molecule has 134 valence electrons. The third-order valence-corrected chi connectivity index (χ3v) is 5.01. The molecule has 7 nitrogen and oxygen atoms in total. The van der Waals surface area contributed by atoms with E-state index in [0.29, 0.717) is 18.2 Å². The second-order valence-electron chi connectivity index (χ2n) is 6.71. The van der Waals surface area contributed by atoms with E-state index in [2.05, 4.69) is 10.3 Å². The van der Waals surface area contributed by atoms with Gasteiger partial charge in [-0.2, -0.15) is 4.98 Å². The second-order valence-corrected chi connectivity index (χ2v) is 6.71. The lowest BCUT2D eigenvalue weighted by molar-refractivity contribution is -0.0246. The van der Waals surface area contributed by atoms with E-state index in [-0.39, 0.29) is 18.9 Å². The summed E-state index contributed by atoms with van der Waals surface area (Å²) in [4.78, 5) is 16.3. The summed E-state index contributed by atoms with van der Waals surface area (Å²) in [6.07, 6.45) is 8.99. The van der Waals surface area contributed by atoms with Gasteiger partial charge in [0.05, 0.1) is 19.8 Å². The SMILES string of the molecule is COc1nc(=O)n([C@H]2CC[C@@H](CO)O2)cc1NCC1CCCCC1. The molecule has 0 unspecified atom stereocenters. The standard InChI is InChI=1S/C17H27N3O4/c1-23-16-14(18-9-12-5-3-2-4-6-12)10-20(17(22)19-16)15-8-7-13(11-21)24-15/h10,12-13,15,18,21H,2-9,11H2,1H3/t13-,15+/m0/s1. The van der Waals surface area contributed by atoms with Crippen LogP contribution in [0.2, 0.25) is 0 Å². The third-order valence-electron chi connectivity index (χ3n) is 5.01. The summed E-state index contributed by atoms with van der Waals surface area (Å²) in [6, 6.07) is 0. The van der Waals surface area contributed by atoms with Gasteiger partial charge >= 0.3 is 5.69 Å². The van der Waals surface area contributed by atoms with Gasteiger partial charge in [0, 0.05) is 12.7 Å². The number of rotatable bonds is 6. The van der Waals surface area contributed by atoms with Crippen molar-refractivity contribution in [2.45, 2.75) is 57.3 Å². The Morgan fingerprint density at radius 3 is 2.79 bits per heavy atom. The lowest BCUT2D eigenvalue weighted by Gasteiger charge is -2.23. The maximum atomic E-state index is 12.2. The van der Waals surface area contributed by atoms with Crippen molar-refractivity contribution in [3.05, 3.63) is 16.7 Å². The minimum absolute atomic E-state index is 0.0262. The van der Waals surface area contributed by atoms with Crippen LogP contribution in [0.15, 0.2) is 11.0 Å². The maximum absolute atomic E-state index is 12.2. The lowest BCUT2D eigenvalue weighted by atomic mass is 9.89. The molecular formula is C17H27N3O4. The van der Waals surface area contributed by atoms with Crippen molar-refractivity contribution in [1.82, 2.24) is 9.55 Å². The molecule has 3 rings (SSSR count). The lowest BCUT2D eigenvalue weighted by Crippen LogP contribution is -2.29. The molecule has 1 saturated heterocycles. The van der Waals surface area contributed by atoms with Gasteiger partial charge in [0.25, 0.3) is 0 Å². The largest absolute Gasteiger partial charge is 0.479 e. The second kappa shape index (κ2) is 7.98. The number of nitrogens with zero attached hydrogens (tertiary/aromatic N) is 2. The van der Waals surface area contributed by atoms with E-state index in [1.54, 1.807) is 6.20 Å². The summed E-state index contributed by atoms with van der Waals surface area (Å²) in [6.45, 7) is 0.836. The van der Waals surface area contributed by atoms with Crippen LogP contribution in [0.3, 0.4) is 0 Å². The molecule has 24 heavy (non-hydrogen) atoms. The zero-order valence-electron chi connectivity index (χ0n) is 14.2. The van der Waals surface area contributed by atoms with E-state index >= 15 is 0 Å². The van der Waals surface area contributed by atoms with Crippen molar-refractivity contribution >= 4 is 5.69 Å². The third kappa shape index (κ3) is 3.89. The molecule has 1 saturated carbocycles. The van der Waals surface area contributed by atoms with E-state index in [0.717, 1.165) is 18.7 Å². The molecule has 2 N–H and O–H groups in total. The Morgan fingerprint density at radius 2 is 2.12 bits per heavy atom. The summed E-state index contributed by atoms with van der Waals surface area (Å²) < 4.78 is 12.5. The van der Waals surface area contributed by atoms with Crippen LogP contribution >= 0.6 is 0 Å². The smallest absolute Gasteiger partial charge is 0.353 e. The molecule has 1 aromatic rings. The predicted octanol–water partition coefficient (Wildman–Crippen LogP) is 1.91. The van der Waals surface area contributed by atoms with Gasteiger partial charge < -0.3 is 19.9 Å². The Balaban J connectivity index is 1.74. The number of aliphatic hydroxyl groups is 1. The van der Waals surface area contributed by atoms with Crippen molar-refractivity contribution in [3.8, 4) is 5.88 Å². The van der Waals surface area contributed by atoms with E-state index < -0.39 is 5.69 Å². The van der Waals surface area contributed by atoms with Crippen molar-refractivity contribution < 1.29 is 14.6 Å². The fraction of sp³-hybridized carbons (Fsp3) is 0.765. The molecule has 0 radical (unpaired) electrons. The van der Waals surface area contributed by atoms with Gasteiger partial charge in [-0.05, 0) is 31.6 Å². The van der Waals surface area contributed by atoms with Crippen molar-refractivity contribution in [2.75, 3.05) is 25.6 Å². The summed E-state index contributed by atoms with van der Waals surface area (Å²) in [5.41, 5.74) is 0.331. The number of nitrogens with one attached hydrogen (secondary N) is 1. The topological polar surface area (TPSA) is 85.6 Å². The highest BCUT2D eigenvalue weighted by atomic mass is 16.5. The Bertz CT molecular complexity index is 598. The van der Waals surface area contributed by atoms with E-state index in [1.807, 2.05) is 0 Å². The molecule has 1 aliphatic heterocycles. The summed E-state index contributed by atoms with van der Waals surface area (Å²) in [5.74, 6) is 0.981. The van der Waals surface area contributed by atoms with Crippen LogP contribution in [-0.4, -0.2) is 41.0 Å². The fourth-order valence-corrected chi connectivity index (χ4v) is 3.61. The van der Waals surface area contributed by atoms with Gasteiger partial charge in [-0.3, -0.25) is 4.57 Å². The van der Waals surface area contributed by atoms with Crippen LogP contribution in [-0.2, 0) is 4.74 Å². The van der Waals surface area contributed by atoms with Gasteiger partial charge in [-0.25, -0.2) is 4.79 Å². The minimum Gasteiger partial charge on any atom is -0.479 e. The molecule has 2 heterocycles. The van der Waals surface area contributed by atoms with Gasteiger partial charge in [-0.1, -0.05) is 19.3 Å². The van der Waals surface area contributed by atoms with Crippen molar-refractivity contribution in [1.29, 1.82) is 0 Å². The zero-order valence-corrected chi connectivity index (χ0v) is 14.2. The van der Waals surface area contributed by atoms with E-state index in [1.165, 1.54) is 43.8 Å². The molecule has 0 aromatic carbocycles. The first-order valence-electron chi connectivity index (χ1n) is 8.88. The Hall–Kier alpha value is -1.60. The maximum Gasteiger partial charge on any atom is 0.353 e. The van der Waals surface area contributed by atoms with E-state index in [9.17, 15) is 9.90 Å². The molecule has 2 fully saturated rings. The summed E-state index contributed by atoms with van der Waals surface area (Å²) >= 11 is 0. The molecule has 0 bridgehead atoms. The van der Waals surface area contributed by atoms with Crippen LogP contribution in [0.25, 0.3) is 0 Å². The molecule has 0 amide bonds. The molecule has 1 aromatic heterocycles. The fourth-order valence-electron chi connectivity index (χ4n) is 3.61. The van der Waals surface area contributed by atoms with Gasteiger partial charge in [-0.15, -0.1) is 0 Å². The highest BCUT2D eigenvalue weighted by molar-refractivity contribution is 5.50. The first kappa shape index (κ1) is 17.2. The molecular weight excluding hydrogens is 310 g/mol. The quantitative estimate of drug-likeness (QED) is 0.825. The van der Waals surface area contributed by atoms with Crippen LogP contribution < -0.4 is 15.7 Å². The van der Waals surface area contributed by atoms with Gasteiger partial charge in [0.1, 0.15) is 11.9 Å². The van der Waals surface area contributed by atoms with Crippen molar-refractivity contribution in [2.24, 2.45) is 5.92 Å². The monoisotopic (exact) mass is 337 g/mol. The average Bonchev–Trinajstić information content (AvgIpc) is 3.10. The summed E-state index contributed by atoms with van der Waals surface area (Å²) in [7, 11) is 1.52. The summed E-state index contributed by atoms with van der Waals surface area (Å²) in [5, 5.41) is 12.6. The molecule has 7 heteroatoms. The molecule has 2 atom stereocenters. The number of hydrogen-bond acceptors (Lipinski definition) is 6. The van der Waals surface area contributed by atoms with E-state index in [4.69, 9.17) is 9.47 Å². The number of ether oxygens (including phenoxy) is 2. The number of hydrogen-bond donors (Lipinski definition) is 2. The predicted molar refractivity (Wildman–Crippen MR) is 90.3 cm³/mol. The highest BCUT2D eigenvalue weighted by Crippen LogP contribution is 2.30. The van der Waals surface area contributed by atoms with Gasteiger partial charge in [0.15, 0.2) is 0 Å². The van der Waals surface area contributed by atoms with Crippen molar-refractivity contribution in [3.63, 3.8) is 0 Å². The minimum atomic E-state index is -0.390. The Morgan fingerprint density at radius 1 is 1.33 bits per heavy atom. The molecule has 2 aliphatic rings. The zero-order chi connectivity index (χ0) is 16.9. The van der Waals surface area contributed by atoms with Crippen LogP contribution in [0.4, 0.5) is 5.69 Å². The number of methoxy groups -OCH3 is 1. The molecule has 0 spiro atoms. The Labute approximate surface area is 142 Å². The van der Waals surface area contributed by atoms with Crippen LogP contribution in [0, 0.1) is 5.92 Å². The Kier molecular flexibility index (Phi) is 5.73. The first-order valence-corrected chi connectivity index (χ1v) is 8.88. The highest BCUT2D eigenvalue weighted by Gasteiger charge is 2.27. The van der Waals surface area contributed by atoms with Crippen LogP contribution in [0.5, 0.6) is 5.88 Å². The van der Waals surface area contributed by atoms with Crippen LogP contribution in [0.1, 0.15) is 51.2 Å². The number of aliphatic hydroxyl groups excluding tert-OH is 1. The number of aromatic nitrogens is 2. The molecule has 1 aliphatic carbocycles. The van der Waals surface area contributed by atoms with Gasteiger partial charge in [0.2, 0.25) is 5.88 Å². The normalized spacial score (nSPS) is 24.9.